The Morgan fingerprint density at radius 1 is 1.30 bits per heavy atom. The SMILES string of the molecule is CCC(C)NC(=O)c1cccc(CNC(=NC)NCCCn2cccn2)c1. The van der Waals surface area contributed by atoms with Gasteiger partial charge in [-0.2, -0.15) is 5.10 Å². The minimum Gasteiger partial charge on any atom is -0.356 e. The van der Waals surface area contributed by atoms with Gasteiger partial charge >= 0.3 is 0 Å². The van der Waals surface area contributed by atoms with Gasteiger partial charge in [-0.15, -0.1) is 0 Å². The molecule has 3 N–H and O–H groups in total. The van der Waals surface area contributed by atoms with E-state index in [1.54, 1.807) is 13.2 Å². The summed E-state index contributed by atoms with van der Waals surface area (Å²) in [4.78, 5) is 16.5. The summed E-state index contributed by atoms with van der Waals surface area (Å²) in [5, 5.41) is 13.8. The van der Waals surface area contributed by atoms with Gasteiger partial charge in [0.1, 0.15) is 0 Å². The van der Waals surface area contributed by atoms with Crippen molar-refractivity contribution in [1.29, 1.82) is 0 Å². The first kappa shape index (κ1) is 20.5. The topological polar surface area (TPSA) is 83.3 Å². The van der Waals surface area contributed by atoms with Gasteiger partial charge in [-0.1, -0.05) is 19.1 Å². The maximum absolute atomic E-state index is 12.3. The van der Waals surface area contributed by atoms with Gasteiger partial charge in [-0.25, -0.2) is 0 Å². The van der Waals surface area contributed by atoms with E-state index >= 15 is 0 Å². The van der Waals surface area contributed by atoms with Crippen molar-refractivity contribution in [1.82, 2.24) is 25.7 Å². The highest BCUT2D eigenvalue weighted by Crippen LogP contribution is 2.06. The van der Waals surface area contributed by atoms with Gasteiger partial charge in [-0.05, 0) is 43.5 Å². The fraction of sp³-hybridized carbons (Fsp3) is 0.450. The average molecular weight is 371 g/mol. The summed E-state index contributed by atoms with van der Waals surface area (Å²) < 4.78 is 1.91. The van der Waals surface area contributed by atoms with Crippen LogP contribution in [0.3, 0.4) is 0 Å². The number of guanidine groups is 1. The van der Waals surface area contributed by atoms with E-state index in [2.05, 4.69) is 33.0 Å². The van der Waals surface area contributed by atoms with Crippen molar-refractivity contribution in [2.24, 2.45) is 4.99 Å². The molecular formula is C20H30N6O. The minimum absolute atomic E-state index is 0.0349. The van der Waals surface area contributed by atoms with E-state index in [1.807, 2.05) is 48.1 Å². The first-order valence-corrected chi connectivity index (χ1v) is 9.44. The molecule has 1 heterocycles. The molecule has 0 spiro atoms. The van der Waals surface area contributed by atoms with Crippen LogP contribution in [-0.2, 0) is 13.1 Å². The highest BCUT2D eigenvalue weighted by molar-refractivity contribution is 5.94. The number of amides is 1. The summed E-state index contributed by atoms with van der Waals surface area (Å²) in [5.41, 5.74) is 1.71. The summed E-state index contributed by atoms with van der Waals surface area (Å²) >= 11 is 0. The number of hydrogen-bond acceptors (Lipinski definition) is 3. The quantitative estimate of drug-likeness (QED) is 0.359. The molecule has 0 bridgehead atoms. The number of rotatable bonds is 9. The highest BCUT2D eigenvalue weighted by atomic mass is 16.1. The van der Waals surface area contributed by atoms with E-state index in [-0.39, 0.29) is 11.9 Å². The Morgan fingerprint density at radius 3 is 2.85 bits per heavy atom. The Kier molecular flexibility index (Phi) is 8.35. The van der Waals surface area contributed by atoms with Crippen LogP contribution in [-0.4, -0.2) is 41.3 Å². The molecule has 0 aliphatic carbocycles. The predicted octanol–water partition coefficient (Wildman–Crippen LogP) is 2.17. The molecular weight excluding hydrogens is 340 g/mol. The fourth-order valence-corrected chi connectivity index (χ4v) is 2.52. The van der Waals surface area contributed by atoms with Gasteiger partial charge in [0.2, 0.25) is 0 Å². The number of carbonyl (C=O) groups is 1. The van der Waals surface area contributed by atoms with Crippen molar-refractivity contribution in [2.45, 2.75) is 45.8 Å². The zero-order valence-electron chi connectivity index (χ0n) is 16.4. The van der Waals surface area contributed by atoms with Crippen molar-refractivity contribution in [2.75, 3.05) is 13.6 Å². The maximum Gasteiger partial charge on any atom is 0.251 e. The molecule has 0 saturated carbocycles. The molecule has 1 aromatic heterocycles. The van der Waals surface area contributed by atoms with Gasteiger partial charge in [-0.3, -0.25) is 14.5 Å². The Bertz CT molecular complexity index is 726. The van der Waals surface area contributed by atoms with Gasteiger partial charge in [0.15, 0.2) is 5.96 Å². The van der Waals surface area contributed by atoms with E-state index in [1.165, 1.54) is 0 Å². The zero-order chi connectivity index (χ0) is 19.5. The second-order valence-electron chi connectivity index (χ2n) is 6.46. The van der Waals surface area contributed by atoms with E-state index in [9.17, 15) is 4.79 Å². The highest BCUT2D eigenvalue weighted by Gasteiger charge is 2.09. The van der Waals surface area contributed by atoms with Crippen LogP contribution in [0.25, 0.3) is 0 Å². The Hall–Kier alpha value is -2.83. The Labute approximate surface area is 161 Å². The molecule has 0 fully saturated rings. The van der Waals surface area contributed by atoms with Crippen molar-refractivity contribution in [3.05, 3.63) is 53.9 Å². The number of aromatic nitrogens is 2. The van der Waals surface area contributed by atoms with E-state index in [0.717, 1.165) is 37.5 Å². The maximum atomic E-state index is 12.3. The number of aliphatic imine (C=N–C) groups is 1. The van der Waals surface area contributed by atoms with Crippen LogP contribution in [0, 0.1) is 0 Å². The fourth-order valence-electron chi connectivity index (χ4n) is 2.52. The molecule has 7 nitrogen and oxygen atoms in total. The normalized spacial score (nSPS) is 12.5. The van der Waals surface area contributed by atoms with Crippen LogP contribution in [0.4, 0.5) is 0 Å². The molecule has 1 atom stereocenters. The van der Waals surface area contributed by atoms with Crippen LogP contribution in [0.5, 0.6) is 0 Å². The lowest BCUT2D eigenvalue weighted by atomic mass is 10.1. The zero-order valence-corrected chi connectivity index (χ0v) is 16.4. The summed E-state index contributed by atoms with van der Waals surface area (Å²) in [6, 6.07) is 9.75. The molecule has 0 radical (unpaired) electrons. The standard InChI is InChI=1S/C20H30N6O/c1-4-16(2)25-19(27)18-9-5-8-17(14-18)15-23-20(21-3)22-10-6-12-26-13-7-11-24-26/h5,7-9,11,13-14,16H,4,6,10,12,15H2,1-3H3,(H,25,27)(H2,21,22,23). The second-order valence-corrected chi connectivity index (χ2v) is 6.46. The number of nitrogens with one attached hydrogen (secondary N) is 3. The van der Waals surface area contributed by atoms with Crippen molar-refractivity contribution < 1.29 is 4.79 Å². The van der Waals surface area contributed by atoms with Gasteiger partial charge < -0.3 is 16.0 Å². The van der Waals surface area contributed by atoms with Crippen LogP contribution >= 0.6 is 0 Å². The molecule has 146 valence electrons. The van der Waals surface area contributed by atoms with Crippen LogP contribution < -0.4 is 16.0 Å². The molecule has 2 rings (SSSR count). The minimum atomic E-state index is -0.0349. The monoisotopic (exact) mass is 370 g/mol. The lowest BCUT2D eigenvalue weighted by Crippen LogP contribution is -2.37. The lowest BCUT2D eigenvalue weighted by Gasteiger charge is -2.14. The Balaban J connectivity index is 1.78. The van der Waals surface area contributed by atoms with E-state index < -0.39 is 0 Å². The lowest BCUT2D eigenvalue weighted by molar-refractivity contribution is 0.0939. The second kappa shape index (κ2) is 11.0. The first-order valence-electron chi connectivity index (χ1n) is 9.44. The number of nitrogens with zero attached hydrogens (tertiary/aromatic N) is 3. The summed E-state index contributed by atoms with van der Waals surface area (Å²) in [7, 11) is 1.75. The molecule has 27 heavy (non-hydrogen) atoms. The molecule has 1 amide bonds. The summed E-state index contributed by atoms with van der Waals surface area (Å²) in [5.74, 6) is 0.706. The predicted molar refractivity (Wildman–Crippen MR) is 109 cm³/mol. The van der Waals surface area contributed by atoms with Crippen LogP contribution in [0.15, 0.2) is 47.7 Å². The van der Waals surface area contributed by atoms with Crippen LogP contribution in [0.2, 0.25) is 0 Å². The molecule has 0 saturated heterocycles. The number of aryl methyl sites for hydroxylation is 1. The number of hydrogen-bond donors (Lipinski definition) is 3. The van der Waals surface area contributed by atoms with Crippen molar-refractivity contribution in [3.8, 4) is 0 Å². The third-order valence-electron chi connectivity index (χ3n) is 4.28. The summed E-state index contributed by atoms with van der Waals surface area (Å²) in [6.45, 7) is 6.33. The van der Waals surface area contributed by atoms with Crippen molar-refractivity contribution in [3.63, 3.8) is 0 Å². The molecule has 0 aliphatic rings. The molecule has 7 heteroatoms. The smallest absolute Gasteiger partial charge is 0.251 e. The third kappa shape index (κ3) is 7.13. The molecule has 0 aliphatic heterocycles. The van der Waals surface area contributed by atoms with Crippen LogP contribution in [0.1, 0.15) is 42.6 Å². The number of benzene rings is 1. The van der Waals surface area contributed by atoms with Gasteiger partial charge in [0, 0.05) is 50.7 Å². The largest absolute Gasteiger partial charge is 0.356 e. The first-order chi connectivity index (χ1) is 13.1. The van der Waals surface area contributed by atoms with E-state index in [4.69, 9.17) is 0 Å². The molecule has 1 unspecified atom stereocenters. The number of carbonyl (C=O) groups excluding carboxylic acids is 1. The third-order valence-corrected chi connectivity index (χ3v) is 4.28. The molecule has 1 aromatic carbocycles. The van der Waals surface area contributed by atoms with Crippen molar-refractivity contribution >= 4 is 11.9 Å². The van der Waals surface area contributed by atoms with Gasteiger partial charge in [0.25, 0.3) is 5.91 Å². The van der Waals surface area contributed by atoms with E-state index in [0.29, 0.717) is 12.1 Å². The average Bonchev–Trinajstić information content (AvgIpc) is 3.21. The molecule has 2 aromatic rings. The Morgan fingerprint density at radius 2 is 2.15 bits per heavy atom. The van der Waals surface area contributed by atoms with Gasteiger partial charge in [0.05, 0.1) is 0 Å². The summed E-state index contributed by atoms with van der Waals surface area (Å²) in [6.07, 6.45) is 5.60.